The smallest absolute Gasteiger partial charge is 0.242 e. The standard InChI is InChI=1S/C22H24Cl4N2O2/c1-3-10-27-22(30)20(4-2)28(13-15-16(23)6-5-7-17(15)24)21(29)12-14-8-9-18(25)19(26)11-14/h5-9,11,20H,3-4,10,12-13H2,1-2H3,(H,27,30)/t20-/m1/s1. The highest BCUT2D eigenvalue weighted by Gasteiger charge is 2.29. The molecule has 0 saturated heterocycles. The molecule has 0 saturated carbocycles. The summed E-state index contributed by atoms with van der Waals surface area (Å²) in [5.41, 5.74) is 1.30. The molecule has 0 aliphatic heterocycles. The molecule has 0 aromatic heterocycles. The van der Waals surface area contributed by atoms with E-state index < -0.39 is 6.04 Å². The predicted molar refractivity (Wildman–Crippen MR) is 125 cm³/mol. The van der Waals surface area contributed by atoms with Gasteiger partial charge in [-0.1, -0.05) is 72.4 Å². The van der Waals surface area contributed by atoms with E-state index in [-0.39, 0.29) is 24.8 Å². The summed E-state index contributed by atoms with van der Waals surface area (Å²) in [5, 5.41) is 4.55. The fraction of sp³-hybridized carbons (Fsp3) is 0.364. The zero-order valence-corrected chi connectivity index (χ0v) is 19.9. The number of nitrogens with one attached hydrogen (secondary N) is 1. The van der Waals surface area contributed by atoms with Crippen LogP contribution >= 0.6 is 46.4 Å². The van der Waals surface area contributed by atoms with E-state index in [0.29, 0.717) is 44.2 Å². The van der Waals surface area contributed by atoms with Gasteiger partial charge in [-0.2, -0.15) is 0 Å². The Morgan fingerprint density at radius 1 is 0.967 bits per heavy atom. The van der Waals surface area contributed by atoms with Gasteiger partial charge in [0.05, 0.1) is 16.5 Å². The molecular weight excluding hydrogens is 466 g/mol. The molecule has 30 heavy (non-hydrogen) atoms. The van der Waals surface area contributed by atoms with Gasteiger partial charge in [0, 0.05) is 28.7 Å². The van der Waals surface area contributed by atoms with Crippen LogP contribution in [0.4, 0.5) is 0 Å². The van der Waals surface area contributed by atoms with E-state index in [1.165, 1.54) is 4.90 Å². The van der Waals surface area contributed by atoms with Crippen LogP contribution in [0.25, 0.3) is 0 Å². The highest BCUT2D eigenvalue weighted by atomic mass is 35.5. The van der Waals surface area contributed by atoms with Crippen LogP contribution in [0.2, 0.25) is 20.1 Å². The van der Waals surface area contributed by atoms with E-state index in [9.17, 15) is 9.59 Å². The molecule has 1 atom stereocenters. The monoisotopic (exact) mass is 488 g/mol. The van der Waals surface area contributed by atoms with Crippen LogP contribution in [0.3, 0.4) is 0 Å². The van der Waals surface area contributed by atoms with Crippen molar-refractivity contribution in [3.8, 4) is 0 Å². The van der Waals surface area contributed by atoms with Crippen molar-refractivity contribution >= 4 is 58.2 Å². The zero-order valence-electron chi connectivity index (χ0n) is 16.9. The predicted octanol–water partition coefficient (Wildman–Crippen LogP) is 6.18. The molecule has 4 nitrogen and oxygen atoms in total. The highest BCUT2D eigenvalue weighted by Crippen LogP contribution is 2.28. The average Bonchev–Trinajstić information content (AvgIpc) is 2.71. The van der Waals surface area contributed by atoms with E-state index >= 15 is 0 Å². The van der Waals surface area contributed by atoms with Crippen LogP contribution in [0.1, 0.15) is 37.8 Å². The second-order valence-electron chi connectivity index (χ2n) is 6.86. The van der Waals surface area contributed by atoms with Crippen molar-refractivity contribution in [2.24, 2.45) is 0 Å². The van der Waals surface area contributed by atoms with Crippen molar-refractivity contribution in [2.75, 3.05) is 6.54 Å². The maximum Gasteiger partial charge on any atom is 0.242 e. The molecule has 0 spiro atoms. The summed E-state index contributed by atoms with van der Waals surface area (Å²) in [6.07, 6.45) is 1.32. The van der Waals surface area contributed by atoms with Crippen molar-refractivity contribution in [2.45, 2.75) is 45.7 Å². The number of nitrogens with zero attached hydrogens (tertiary/aromatic N) is 1. The van der Waals surface area contributed by atoms with Crippen molar-refractivity contribution < 1.29 is 9.59 Å². The van der Waals surface area contributed by atoms with Gasteiger partial charge in [0.25, 0.3) is 0 Å². The van der Waals surface area contributed by atoms with Gasteiger partial charge in [0.1, 0.15) is 6.04 Å². The maximum atomic E-state index is 13.3. The zero-order chi connectivity index (χ0) is 22.3. The Kier molecular flexibility index (Phi) is 9.76. The number of benzene rings is 2. The van der Waals surface area contributed by atoms with Gasteiger partial charge in [-0.05, 0) is 42.7 Å². The lowest BCUT2D eigenvalue weighted by Crippen LogP contribution is -2.49. The van der Waals surface area contributed by atoms with E-state index in [1.54, 1.807) is 36.4 Å². The van der Waals surface area contributed by atoms with E-state index in [1.807, 2.05) is 13.8 Å². The minimum Gasteiger partial charge on any atom is -0.354 e. The Hall–Kier alpha value is -1.46. The SMILES string of the molecule is CCCNC(=O)[C@@H](CC)N(Cc1c(Cl)cccc1Cl)C(=O)Cc1ccc(Cl)c(Cl)c1. The van der Waals surface area contributed by atoms with Crippen molar-refractivity contribution in [1.82, 2.24) is 10.2 Å². The topological polar surface area (TPSA) is 49.4 Å². The summed E-state index contributed by atoms with van der Waals surface area (Å²) in [4.78, 5) is 27.6. The molecule has 2 amide bonds. The molecule has 8 heteroatoms. The molecule has 0 unspecified atom stereocenters. The quantitative estimate of drug-likeness (QED) is 0.457. The summed E-state index contributed by atoms with van der Waals surface area (Å²) in [6.45, 7) is 4.50. The summed E-state index contributed by atoms with van der Waals surface area (Å²) in [7, 11) is 0. The van der Waals surface area contributed by atoms with Gasteiger partial charge in [0.15, 0.2) is 0 Å². The van der Waals surface area contributed by atoms with Crippen LogP contribution < -0.4 is 5.32 Å². The van der Waals surface area contributed by atoms with Gasteiger partial charge in [-0.25, -0.2) is 0 Å². The Morgan fingerprint density at radius 3 is 2.20 bits per heavy atom. The van der Waals surface area contributed by atoms with E-state index in [4.69, 9.17) is 46.4 Å². The maximum absolute atomic E-state index is 13.3. The molecule has 0 bridgehead atoms. The Balaban J connectivity index is 2.36. The normalized spacial score (nSPS) is 11.8. The Morgan fingerprint density at radius 2 is 1.63 bits per heavy atom. The highest BCUT2D eigenvalue weighted by molar-refractivity contribution is 6.42. The minimum absolute atomic E-state index is 0.0660. The number of halogens is 4. The molecule has 162 valence electrons. The molecule has 2 aromatic rings. The molecule has 0 radical (unpaired) electrons. The second kappa shape index (κ2) is 11.8. The lowest BCUT2D eigenvalue weighted by atomic mass is 10.1. The Labute approximate surface area is 197 Å². The molecule has 0 aliphatic rings. The Bertz CT molecular complexity index is 884. The second-order valence-corrected chi connectivity index (χ2v) is 8.49. The number of amides is 2. The third kappa shape index (κ3) is 6.52. The van der Waals surface area contributed by atoms with Gasteiger partial charge >= 0.3 is 0 Å². The van der Waals surface area contributed by atoms with Crippen LogP contribution in [-0.4, -0.2) is 29.3 Å². The molecule has 2 aromatic carbocycles. The first kappa shape index (κ1) is 24.8. The van der Waals surface area contributed by atoms with Crippen molar-refractivity contribution in [1.29, 1.82) is 0 Å². The van der Waals surface area contributed by atoms with Gasteiger partial charge in [0.2, 0.25) is 11.8 Å². The summed E-state index contributed by atoms with van der Waals surface area (Å²) in [5.74, 6) is -0.437. The first-order valence-corrected chi connectivity index (χ1v) is 11.2. The molecule has 0 heterocycles. The van der Waals surface area contributed by atoms with E-state index in [2.05, 4.69) is 5.32 Å². The first-order valence-electron chi connectivity index (χ1n) is 9.72. The third-order valence-corrected chi connectivity index (χ3v) is 6.11. The van der Waals surface area contributed by atoms with Crippen LogP contribution in [0.5, 0.6) is 0 Å². The van der Waals surface area contributed by atoms with Crippen molar-refractivity contribution in [3.63, 3.8) is 0 Å². The fourth-order valence-corrected chi connectivity index (χ4v) is 3.90. The third-order valence-electron chi connectivity index (χ3n) is 4.66. The van der Waals surface area contributed by atoms with Gasteiger partial charge in [-0.3, -0.25) is 9.59 Å². The average molecular weight is 490 g/mol. The van der Waals surface area contributed by atoms with Crippen LogP contribution in [-0.2, 0) is 22.6 Å². The summed E-state index contributed by atoms with van der Waals surface area (Å²) >= 11 is 24.7. The van der Waals surface area contributed by atoms with Gasteiger partial charge in [-0.15, -0.1) is 0 Å². The number of carbonyl (C=O) groups is 2. The first-order chi connectivity index (χ1) is 14.3. The van der Waals surface area contributed by atoms with Crippen LogP contribution in [0, 0.1) is 0 Å². The summed E-state index contributed by atoms with van der Waals surface area (Å²) in [6, 6.07) is 9.55. The molecular formula is C22H24Cl4N2O2. The summed E-state index contributed by atoms with van der Waals surface area (Å²) < 4.78 is 0. The number of hydrogen-bond donors (Lipinski definition) is 1. The molecule has 0 fully saturated rings. The van der Waals surface area contributed by atoms with Crippen LogP contribution in [0.15, 0.2) is 36.4 Å². The number of carbonyl (C=O) groups excluding carboxylic acids is 2. The van der Waals surface area contributed by atoms with Gasteiger partial charge < -0.3 is 10.2 Å². The lowest BCUT2D eigenvalue weighted by Gasteiger charge is -2.31. The minimum atomic E-state index is -0.654. The lowest BCUT2D eigenvalue weighted by molar-refractivity contribution is -0.140. The number of hydrogen-bond acceptors (Lipinski definition) is 2. The number of rotatable bonds is 9. The van der Waals surface area contributed by atoms with E-state index in [0.717, 1.165) is 6.42 Å². The molecule has 1 N–H and O–H groups in total. The molecule has 0 aliphatic carbocycles. The largest absolute Gasteiger partial charge is 0.354 e. The fourth-order valence-electron chi connectivity index (χ4n) is 3.07. The molecule has 2 rings (SSSR count). The van der Waals surface area contributed by atoms with Crippen molar-refractivity contribution in [3.05, 3.63) is 67.6 Å².